The Morgan fingerprint density at radius 1 is 1.11 bits per heavy atom. The second-order valence-electron chi connectivity index (χ2n) is 5.36. The van der Waals surface area contributed by atoms with Crippen molar-refractivity contribution < 1.29 is 23.8 Å². The number of esters is 1. The van der Waals surface area contributed by atoms with Crippen molar-refractivity contribution in [1.29, 1.82) is 0 Å². The van der Waals surface area contributed by atoms with Crippen LogP contribution in [0, 0.1) is 0 Å². The number of rotatable bonds is 7. The lowest BCUT2D eigenvalue weighted by molar-refractivity contribution is -0.111. The zero-order chi connectivity index (χ0) is 19.8. The Morgan fingerprint density at radius 3 is 2.41 bits per heavy atom. The summed E-state index contributed by atoms with van der Waals surface area (Å²) >= 11 is 3.41. The monoisotopic (exact) mass is 433 g/mol. The van der Waals surface area contributed by atoms with Gasteiger partial charge in [0.15, 0.2) is 11.5 Å². The van der Waals surface area contributed by atoms with Crippen LogP contribution in [-0.4, -0.2) is 32.7 Å². The molecule has 1 N–H and O–H groups in total. The molecule has 1 amide bonds. The third kappa shape index (κ3) is 5.59. The molecule has 2 aromatic rings. The first-order chi connectivity index (χ1) is 13.0. The van der Waals surface area contributed by atoms with Crippen molar-refractivity contribution in [3.05, 3.63) is 58.1 Å². The van der Waals surface area contributed by atoms with Crippen molar-refractivity contribution in [3.63, 3.8) is 0 Å². The lowest BCUT2D eigenvalue weighted by Crippen LogP contribution is -2.08. The second-order valence-corrected chi connectivity index (χ2v) is 6.21. The van der Waals surface area contributed by atoms with Crippen molar-refractivity contribution in [3.8, 4) is 11.5 Å². The molecule has 0 aliphatic heterocycles. The van der Waals surface area contributed by atoms with E-state index in [1.54, 1.807) is 57.6 Å². The van der Waals surface area contributed by atoms with Crippen molar-refractivity contribution in [2.45, 2.75) is 6.92 Å². The van der Waals surface area contributed by atoms with E-state index in [4.69, 9.17) is 14.2 Å². The van der Waals surface area contributed by atoms with E-state index in [0.717, 1.165) is 10.0 Å². The first-order valence-electron chi connectivity index (χ1n) is 8.16. The van der Waals surface area contributed by atoms with Gasteiger partial charge in [-0.2, -0.15) is 0 Å². The Kier molecular flexibility index (Phi) is 7.43. The van der Waals surface area contributed by atoms with E-state index in [0.29, 0.717) is 29.4 Å². The normalized spacial score (nSPS) is 10.5. The molecular weight excluding hydrogens is 414 g/mol. The molecule has 0 spiro atoms. The van der Waals surface area contributed by atoms with Crippen molar-refractivity contribution in [2.75, 3.05) is 26.1 Å². The summed E-state index contributed by atoms with van der Waals surface area (Å²) in [6.07, 6.45) is 3.07. The van der Waals surface area contributed by atoms with Crippen LogP contribution in [0.2, 0.25) is 0 Å². The predicted molar refractivity (Wildman–Crippen MR) is 107 cm³/mol. The highest BCUT2D eigenvalue weighted by atomic mass is 79.9. The van der Waals surface area contributed by atoms with Gasteiger partial charge in [-0.25, -0.2) is 4.79 Å². The summed E-state index contributed by atoms with van der Waals surface area (Å²) in [6.45, 7) is 2.06. The summed E-state index contributed by atoms with van der Waals surface area (Å²) in [5.74, 6) is 0.446. The summed E-state index contributed by atoms with van der Waals surface area (Å²) < 4.78 is 16.2. The van der Waals surface area contributed by atoms with Crippen LogP contribution in [0.25, 0.3) is 6.08 Å². The van der Waals surface area contributed by atoms with Gasteiger partial charge in [-0.3, -0.25) is 4.79 Å². The first-order valence-corrected chi connectivity index (χ1v) is 8.95. The Morgan fingerprint density at radius 2 is 1.81 bits per heavy atom. The van der Waals surface area contributed by atoms with Gasteiger partial charge in [0.1, 0.15) is 0 Å². The molecule has 0 atom stereocenters. The van der Waals surface area contributed by atoms with E-state index in [1.165, 1.54) is 6.08 Å². The molecular formula is C20H20BrNO5. The Labute approximate surface area is 166 Å². The molecule has 0 aromatic heterocycles. The molecule has 0 fully saturated rings. The number of benzene rings is 2. The Hall–Kier alpha value is -2.80. The minimum Gasteiger partial charge on any atom is -0.493 e. The van der Waals surface area contributed by atoms with E-state index < -0.39 is 5.97 Å². The van der Waals surface area contributed by atoms with E-state index in [1.807, 2.05) is 6.07 Å². The lowest BCUT2D eigenvalue weighted by Gasteiger charge is -2.10. The fourth-order valence-electron chi connectivity index (χ4n) is 2.29. The molecule has 27 heavy (non-hydrogen) atoms. The van der Waals surface area contributed by atoms with Gasteiger partial charge in [-0.15, -0.1) is 0 Å². The lowest BCUT2D eigenvalue weighted by atomic mass is 10.2. The fraction of sp³-hybridized carbons (Fsp3) is 0.200. The average molecular weight is 434 g/mol. The van der Waals surface area contributed by atoms with Gasteiger partial charge >= 0.3 is 5.97 Å². The topological polar surface area (TPSA) is 73.9 Å². The molecule has 0 unspecified atom stereocenters. The predicted octanol–water partition coefficient (Wildman–Crippen LogP) is 4.29. The van der Waals surface area contributed by atoms with Crippen LogP contribution in [0.5, 0.6) is 11.5 Å². The van der Waals surface area contributed by atoms with Gasteiger partial charge in [0.05, 0.1) is 30.9 Å². The number of methoxy groups -OCH3 is 2. The number of amides is 1. The number of carbonyl (C=O) groups excluding carboxylic acids is 2. The molecule has 0 bridgehead atoms. The molecule has 7 heteroatoms. The molecule has 0 heterocycles. The highest BCUT2D eigenvalue weighted by Gasteiger charge is 2.10. The molecule has 0 aliphatic rings. The molecule has 0 aliphatic carbocycles. The van der Waals surface area contributed by atoms with Crippen LogP contribution >= 0.6 is 15.9 Å². The summed E-state index contributed by atoms with van der Waals surface area (Å²) in [4.78, 5) is 23.7. The third-order valence-corrected chi connectivity index (χ3v) is 4.14. The molecule has 0 saturated heterocycles. The maximum atomic E-state index is 12.1. The van der Waals surface area contributed by atoms with Crippen LogP contribution in [0.15, 0.2) is 46.9 Å². The van der Waals surface area contributed by atoms with Crippen LogP contribution in [-0.2, 0) is 9.53 Å². The van der Waals surface area contributed by atoms with Gasteiger partial charge in [0, 0.05) is 11.8 Å². The van der Waals surface area contributed by atoms with Crippen molar-refractivity contribution in [2.24, 2.45) is 0 Å². The number of carbonyl (C=O) groups is 2. The zero-order valence-corrected chi connectivity index (χ0v) is 16.8. The first kappa shape index (κ1) is 20.5. The van der Waals surface area contributed by atoms with E-state index >= 15 is 0 Å². The van der Waals surface area contributed by atoms with Gasteiger partial charge in [0.2, 0.25) is 5.91 Å². The third-order valence-electron chi connectivity index (χ3n) is 3.55. The standard InChI is InChI=1S/C20H20BrNO5/c1-4-27-20(24)14-6-8-15(9-7-14)22-18(23)10-5-13-11-16(21)19(26-3)17(12-13)25-2/h5-12H,4H2,1-3H3,(H,22,23)/b10-5+. The summed E-state index contributed by atoms with van der Waals surface area (Å²) in [5.41, 5.74) is 1.78. The van der Waals surface area contributed by atoms with Gasteiger partial charge in [0.25, 0.3) is 0 Å². The minimum atomic E-state index is -0.394. The Balaban J connectivity index is 2.05. The number of anilines is 1. The maximum absolute atomic E-state index is 12.1. The number of hydrogen-bond donors (Lipinski definition) is 1. The zero-order valence-electron chi connectivity index (χ0n) is 15.2. The van der Waals surface area contributed by atoms with Gasteiger partial charge in [-0.05, 0) is 70.9 Å². The van der Waals surface area contributed by atoms with E-state index in [9.17, 15) is 9.59 Å². The molecule has 142 valence electrons. The molecule has 2 rings (SSSR count). The second kappa shape index (κ2) is 9.78. The Bertz CT molecular complexity index is 846. The van der Waals surface area contributed by atoms with Crippen LogP contribution < -0.4 is 14.8 Å². The molecule has 0 saturated carbocycles. The van der Waals surface area contributed by atoms with Crippen molar-refractivity contribution >= 4 is 39.6 Å². The number of ether oxygens (including phenoxy) is 3. The largest absolute Gasteiger partial charge is 0.493 e. The number of nitrogens with one attached hydrogen (secondary N) is 1. The van der Waals surface area contributed by atoms with Crippen LogP contribution in [0.4, 0.5) is 5.69 Å². The highest BCUT2D eigenvalue weighted by molar-refractivity contribution is 9.10. The molecule has 0 radical (unpaired) electrons. The van der Waals surface area contributed by atoms with E-state index in [-0.39, 0.29) is 5.91 Å². The fourth-order valence-corrected chi connectivity index (χ4v) is 2.92. The van der Waals surface area contributed by atoms with Gasteiger partial charge in [-0.1, -0.05) is 0 Å². The van der Waals surface area contributed by atoms with Crippen LogP contribution in [0.1, 0.15) is 22.8 Å². The maximum Gasteiger partial charge on any atom is 0.338 e. The summed E-state index contributed by atoms with van der Waals surface area (Å²) in [7, 11) is 3.10. The highest BCUT2D eigenvalue weighted by Crippen LogP contribution is 2.36. The molecule has 6 nitrogen and oxygen atoms in total. The SMILES string of the molecule is CCOC(=O)c1ccc(NC(=O)/C=C/c2cc(Br)c(OC)c(OC)c2)cc1. The summed E-state index contributed by atoms with van der Waals surface area (Å²) in [6, 6.07) is 10.1. The van der Waals surface area contributed by atoms with Crippen molar-refractivity contribution in [1.82, 2.24) is 0 Å². The molecule has 2 aromatic carbocycles. The van der Waals surface area contributed by atoms with Gasteiger partial charge < -0.3 is 19.5 Å². The number of hydrogen-bond acceptors (Lipinski definition) is 5. The number of halogens is 1. The van der Waals surface area contributed by atoms with Crippen LogP contribution in [0.3, 0.4) is 0 Å². The van der Waals surface area contributed by atoms with E-state index in [2.05, 4.69) is 21.2 Å². The average Bonchev–Trinajstić information content (AvgIpc) is 2.66. The quantitative estimate of drug-likeness (QED) is 0.520. The minimum absolute atomic E-state index is 0.301. The smallest absolute Gasteiger partial charge is 0.338 e. The summed E-state index contributed by atoms with van der Waals surface area (Å²) in [5, 5.41) is 2.73.